The highest BCUT2D eigenvalue weighted by molar-refractivity contribution is 9.10. The van der Waals surface area contributed by atoms with Gasteiger partial charge in [-0.1, -0.05) is 18.2 Å². The van der Waals surface area contributed by atoms with Crippen molar-refractivity contribution in [2.45, 2.75) is 6.04 Å². The van der Waals surface area contributed by atoms with Crippen LogP contribution < -0.4 is 11.3 Å². The Labute approximate surface area is 107 Å². The molecule has 1 aromatic heterocycles. The average molecular weight is 296 g/mol. The third kappa shape index (κ3) is 2.52. The number of nitrogens with zero attached hydrogens (tertiary/aromatic N) is 1. The summed E-state index contributed by atoms with van der Waals surface area (Å²) in [5.41, 5.74) is 3.70. The van der Waals surface area contributed by atoms with E-state index >= 15 is 0 Å². The number of nitrogens with one attached hydrogen (secondary N) is 1. The highest BCUT2D eigenvalue weighted by atomic mass is 79.9. The lowest BCUT2D eigenvalue weighted by atomic mass is 10.0. The molecule has 17 heavy (non-hydrogen) atoms. The minimum absolute atomic E-state index is 0.312. The summed E-state index contributed by atoms with van der Waals surface area (Å²) in [6, 6.07) is 9.64. The molecule has 0 spiro atoms. The van der Waals surface area contributed by atoms with Crippen molar-refractivity contribution < 1.29 is 4.39 Å². The molecular weight excluding hydrogens is 285 g/mol. The Balaban J connectivity index is 2.48. The maximum absolute atomic E-state index is 13.7. The van der Waals surface area contributed by atoms with Crippen molar-refractivity contribution in [3.05, 3.63) is 64.1 Å². The summed E-state index contributed by atoms with van der Waals surface area (Å²) >= 11 is 3.38. The molecule has 3 nitrogen and oxygen atoms in total. The molecule has 1 unspecified atom stereocenters. The first kappa shape index (κ1) is 12.2. The summed E-state index contributed by atoms with van der Waals surface area (Å²) in [5, 5.41) is 0. The fourth-order valence-electron chi connectivity index (χ4n) is 1.64. The molecule has 0 aliphatic carbocycles. The van der Waals surface area contributed by atoms with Crippen molar-refractivity contribution in [2.24, 2.45) is 5.84 Å². The molecule has 1 aromatic carbocycles. The monoisotopic (exact) mass is 295 g/mol. The van der Waals surface area contributed by atoms with Crippen molar-refractivity contribution in [1.82, 2.24) is 10.4 Å². The Kier molecular flexibility index (Phi) is 3.83. The van der Waals surface area contributed by atoms with Crippen molar-refractivity contribution in [3.63, 3.8) is 0 Å². The number of rotatable bonds is 3. The second kappa shape index (κ2) is 5.35. The second-order valence-electron chi connectivity index (χ2n) is 3.49. The summed E-state index contributed by atoms with van der Waals surface area (Å²) in [4.78, 5) is 4.21. The number of halogens is 2. The van der Waals surface area contributed by atoms with Crippen LogP contribution in [-0.2, 0) is 0 Å². The summed E-state index contributed by atoms with van der Waals surface area (Å²) in [6.45, 7) is 0. The summed E-state index contributed by atoms with van der Waals surface area (Å²) < 4.78 is 14.5. The molecule has 0 radical (unpaired) electrons. The second-order valence-corrected chi connectivity index (χ2v) is 4.35. The molecule has 2 aromatic rings. The van der Waals surface area contributed by atoms with Gasteiger partial charge in [0.2, 0.25) is 0 Å². The predicted molar refractivity (Wildman–Crippen MR) is 67.5 cm³/mol. The van der Waals surface area contributed by atoms with Crippen LogP contribution in [0.4, 0.5) is 4.39 Å². The normalized spacial score (nSPS) is 12.4. The van der Waals surface area contributed by atoms with Crippen LogP contribution in [0.2, 0.25) is 0 Å². The van der Waals surface area contributed by atoms with Gasteiger partial charge in [0.1, 0.15) is 5.82 Å². The van der Waals surface area contributed by atoms with Crippen LogP contribution in [0.3, 0.4) is 0 Å². The van der Waals surface area contributed by atoms with Gasteiger partial charge in [-0.25, -0.2) is 9.82 Å². The van der Waals surface area contributed by atoms with Gasteiger partial charge < -0.3 is 0 Å². The minimum Gasteiger partial charge on any atom is -0.271 e. The molecule has 0 amide bonds. The van der Waals surface area contributed by atoms with Crippen LogP contribution in [0.1, 0.15) is 17.3 Å². The van der Waals surface area contributed by atoms with Crippen LogP contribution in [0.5, 0.6) is 0 Å². The molecular formula is C12H11BrFN3. The van der Waals surface area contributed by atoms with E-state index < -0.39 is 6.04 Å². The van der Waals surface area contributed by atoms with E-state index in [9.17, 15) is 4.39 Å². The molecule has 5 heteroatoms. The van der Waals surface area contributed by atoms with Crippen molar-refractivity contribution in [2.75, 3.05) is 0 Å². The van der Waals surface area contributed by atoms with Crippen LogP contribution in [-0.4, -0.2) is 4.98 Å². The number of nitrogens with two attached hydrogens (primary N) is 1. The Morgan fingerprint density at radius 1 is 1.24 bits per heavy atom. The topological polar surface area (TPSA) is 50.9 Å². The van der Waals surface area contributed by atoms with E-state index in [-0.39, 0.29) is 5.82 Å². The van der Waals surface area contributed by atoms with Gasteiger partial charge in [0.15, 0.2) is 0 Å². The molecule has 2 rings (SSSR count). The third-order valence-electron chi connectivity index (χ3n) is 2.44. The number of hydrogen-bond donors (Lipinski definition) is 2. The van der Waals surface area contributed by atoms with E-state index in [1.54, 1.807) is 30.5 Å². The number of hydrazine groups is 1. The van der Waals surface area contributed by atoms with Gasteiger partial charge in [0.25, 0.3) is 0 Å². The fourth-order valence-corrected chi connectivity index (χ4v) is 2.12. The average Bonchev–Trinajstić information content (AvgIpc) is 2.34. The summed E-state index contributed by atoms with van der Waals surface area (Å²) in [6.07, 6.45) is 1.64. The Morgan fingerprint density at radius 3 is 2.65 bits per heavy atom. The van der Waals surface area contributed by atoms with Crippen molar-refractivity contribution >= 4 is 15.9 Å². The summed E-state index contributed by atoms with van der Waals surface area (Å²) in [5.74, 6) is 5.19. The molecule has 0 aliphatic rings. The Hall–Kier alpha value is -1.30. The lowest BCUT2D eigenvalue weighted by Crippen LogP contribution is -2.30. The van der Waals surface area contributed by atoms with Gasteiger partial charge in [-0.3, -0.25) is 10.8 Å². The molecule has 3 N–H and O–H groups in total. The maximum atomic E-state index is 13.7. The first-order valence-corrected chi connectivity index (χ1v) is 5.84. The zero-order valence-electron chi connectivity index (χ0n) is 8.90. The first-order valence-electron chi connectivity index (χ1n) is 5.05. The number of aromatic nitrogens is 1. The third-order valence-corrected chi connectivity index (χ3v) is 3.11. The quantitative estimate of drug-likeness (QED) is 0.676. The molecule has 0 aliphatic heterocycles. The van der Waals surface area contributed by atoms with Gasteiger partial charge in [-0.2, -0.15) is 0 Å². The van der Waals surface area contributed by atoms with Crippen molar-refractivity contribution in [3.8, 4) is 0 Å². The summed E-state index contributed by atoms with van der Waals surface area (Å²) in [7, 11) is 0. The van der Waals surface area contributed by atoms with Crippen LogP contribution in [0, 0.1) is 5.82 Å². The molecule has 0 bridgehead atoms. The lowest BCUT2D eigenvalue weighted by Gasteiger charge is -2.17. The highest BCUT2D eigenvalue weighted by Crippen LogP contribution is 2.27. The number of hydrogen-bond acceptors (Lipinski definition) is 3. The molecule has 1 atom stereocenters. The van der Waals surface area contributed by atoms with Crippen molar-refractivity contribution in [1.29, 1.82) is 0 Å². The van der Waals surface area contributed by atoms with Gasteiger partial charge in [-0.15, -0.1) is 0 Å². The standard InChI is InChI=1S/C12H11BrFN3/c13-9-5-3-7-16-12(9)11(17-15)8-4-1-2-6-10(8)14/h1-7,11,17H,15H2. The smallest absolute Gasteiger partial charge is 0.128 e. The first-order chi connectivity index (χ1) is 8.24. The number of pyridine rings is 1. The van der Waals surface area contributed by atoms with Crippen LogP contribution in [0.25, 0.3) is 0 Å². The predicted octanol–water partition coefficient (Wildman–Crippen LogP) is 2.54. The van der Waals surface area contributed by atoms with Gasteiger partial charge in [-0.05, 0) is 34.1 Å². The zero-order chi connectivity index (χ0) is 12.3. The van der Waals surface area contributed by atoms with Crippen LogP contribution in [0.15, 0.2) is 47.1 Å². The van der Waals surface area contributed by atoms with Gasteiger partial charge in [0, 0.05) is 16.2 Å². The minimum atomic E-state index is -0.480. The Morgan fingerprint density at radius 2 is 2.00 bits per heavy atom. The van der Waals surface area contributed by atoms with E-state index in [0.29, 0.717) is 11.3 Å². The van der Waals surface area contributed by atoms with E-state index in [0.717, 1.165) is 4.47 Å². The lowest BCUT2D eigenvalue weighted by molar-refractivity contribution is 0.552. The SMILES string of the molecule is NNC(c1ccccc1F)c1ncccc1Br. The molecule has 0 fully saturated rings. The maximum Gasteiger partial charge on any atom is 0.128 e. The van der Waals surface area contributed by atoms with Crippen LogP contribution >= 0.6 is 15.9 Å². The highest BCUT2D eigenvalue weighted by Gasteiger charge is 2.19. The van der Waals surface area contributed by atoms with E-state index in [2.05, 4.69) is 26.3 Å². The fraction of sp³-hybridized carbons (Fsp3) is 0.0833. The molecule has 88 valence electrons. The Bertz CT molecular complexity index is 473. The van der Waals surface area contributed by atoms with E-state index in [1.165, 1.54) is 6.07 Å². The largest absolute Gasteiger partial charge is 0.271 e. The van der Waals surface area contributed by atoms with E-state index in [4.69, 9.17) is 5.84 Å². The molecule has 0 saturated heterocycles. The molecule has 1 heterocycles. The molecule has 0 saturated carbocycles. The van der Waals surface area contributed by atoms with Gasteiger partial charge >= 0.3 is 0 Å². The van der Waals surface area contributed by atoms with E-state index in [1.807, 2.05) is 6.07 Å². The number of benzene rings is 1. The zero-order valence-corrected chi connectivity index (χ0v) is 10.5. The van der Waals surface area contributed by atoms with Gasteiger partial charge in [0.05, 0.1) is 11.7 Å².